The Kier molecular flexibility index (Phi) is 4.39. The number of aromatic nitrogens is 1. The van der Waals surface area contributed by atoms with Crippen molar-refractivity contribution in [3.05, 3.63) is 41.1 Å². The summed E-state index contributed by atoms with van der Waals surface area (Å²) in [6.07, 6.45) is 0. The zero-order valence-corrected chi connectivity index (χ0v) is 12.8. The van der Waals surface area contributed by atoms with Gasteiger partial charge in [-0.2, -0.15) is 0 Å². The van der Waals surface area contributed by atoms with E-state index < -0.39 is 0 Å². The van der Waals surface area contributed by atoms with E-state index in [0.717, 1.165) is 10.5 Å². The van der Waals surface area contributed by atoms with E-state index in [1.54, 1.807) is 11.8 Å². The Labute approximate surface area is 122 Å². The standard InChI is InChI=1S/C15H18N2O2S/c1-5-17(9-10(2)3)15(18)13-11(4)19-14(16-13)12-7-6-8-20-12/h6-8H,2,5,9H2,1,3-4H3. The van der Waals surface area contributed by atoms with Gasteiger partial charge in [-0.05, 0) is 32.2 Å². The van der Waals surface area contributed by atoms with Gasteiger partial charge in [0.1, 0.15) is 5.76 Å². The first-order valence-corrected chi connectivity index (χ1v) is 7.35. The van der Waals surface area contributed by atoms with Gasteiger partial charge in [-0.1, -0.05) is 18.2 Å². The third kappa shape index (κ3) is 2.99. The molecule has 2 aromatic heterocycles. The van der Waals surface area contributed by atoms with Crippen LogP contribution in [0.4, 0.5) is 0 Å². The summed E-state index contributed by atoms with van der Waals surface area (Å²) in [4.78, 5) is 19.5. The van der Waals surface area contributed by atoms with Crippen LogP contribution in [0.5, 0.6) is 0 Å². The smallest absolute Gasteiger partial charge is 0.276 e. The summed E-state index contributed by atoms with van der Waals surface area (Å²) in [5, 5.41) is 1.95. The lowest BCUT2D eigenvalue weighted by Gasteiger charge is -2.19. The molecule has 0 fully saturated rings. The predicted octanol–water partition coefficient (Wildman–Crippen LogP) is 3.75. The molecule has 0 radical (unpaired) electrons. The average Bonchev–Trinajstić information content (AvgIpc) is 3.03. The molecule has 20 heavy (non-hydrogen) atoms. The highest BCUT2D eigenvalue weighted by Crippen LogP contribution is 2.26. The summed E-state index contributed by atoms with van der Waals surface area (Å²) in [6, 6.07) is 3.86. The molecule has 0 saturated heterocycles. The minimum Gasteiger partial charge on any atom is -0.440 e. The molecule has 0 saturated carbocycles. The second-order valence-corrected chi connectivity index (χ2v) is 5.63. The number of carbonyl (C=O) groups excluding carboxylic acids is 1. The fraction of sp³-hybridized carbons (Fsp3) is 0.333. The number of likely N-dealkylation sites (N-methyl/N-ethyl adjacent to an activating group) is 1. The van der Waals surface area contributed by atoms with Gasteiger partial charge < -0.3 is 9.32 Å². The highest BCUT2D eigenvalue weighted by Gasteiger charge is 2.22. The topological polar surface area (TPSA) is 46.3 Å². The Morgan fingerprint density at radius 3 is 2.85 bits per heavy atom. The maximum absolute atomic E-state index is 12.5. The summed E-state index contributed by atoms with van der Waals surface area (Å²) in [7, 11) is 0. The summed E-state index contributed by atoms with van der Waals surface area (Å²) in [5.41, 5.74) is 1.33. The number of hydrogen-bond donors (Lipinski definition) is 0. The summed E-state index contributed by atoms with van der Waals surface area (Å²) >= 11 is 1.54. The fourth-order valence-electron chi connectivity index (χ4n) is 1.90. The average molecular weight is 290 g/mol. The lowest BCUT2D eigenvalue weighted by Crippen LogP contribution is -2.32. The number of rotatable bonds is 5. The molecule has 2 heterocycles. The van der Waals surface area contributed by atoms with Crippen LogP contribution in [0.15, 0.2) is 34.1 Å². The number of aryl methyl sites for hydroxylation is 1. The Balaban J connectivity index is 2.28. The third-order valence-electron chi connectivity index (χ3n) is 2.86. The van der Waals surface area contributed by atoms with E-state index in [4.69, 9.17) is 4.42 Å². The van der Waals surface area contributed by atoms with Crippen LogP contribution >= 0.6 is 11.3 Å². The van der Waals surface area contributed by atoms with E-state index in [2.05, 4.69) is 11.6 Å². The maximum Gasteiger partial charge on any atom is 0.276 e. The van der Waals surface area contributed by atoms with E-state index in [1.807, 2.05) is 31.4 Å². The lowest BCUT2D eigenvalue weighted by atomic mass is 10.2. The molecule has 2 rings (SSSR count). The Morgan fingerprint density at radius 1 is 1.55 bits per heavy atom. The van der Waals surface area contributed by atoms with E-state index in [9.17, 15) is 4.79 Å². The van der Waals surface area contributed by atoms with E-state index in [-0.39, 0.29) is 5.91 Å². The highest BCUT2D eigenvalue weighted by molar-refractivity contribution is 7.13. The van der Waals surface area contributed by atoms with Crippen molar-refractivity contribution in [2.75, 3.05) is 13.1 Å². The largest absolute Gasteiger partial charge is 0.440 e. The number of amides is 1. The Hall–Kier alpha value is -1.88. The van der Waals surface area contributed by atoms with Crippen LogP contribution in [0.3, 0.4) is 0 Å². The molecule has 1 amide bonds. The monoisotopic (exact) mass is 290 g/mol. The summed E-state index contributed by atoms with van der Waals surface area (Å²) in [5.74, 6) is 0.949. The zero-order chi connectivity index (χ0) is 14.7. The minimum absolute atomic E-state index is 0.112. The van der Waals surface area contributed by atoms with Gasteiger partial charge in [-0.3, -0.25) is 4.79 Å². The molecule has 0 atom stereocenters. The first-order chi connectivity index (χ1) is 9.52. The normalized spacial score (nSPS) is 10.6. The molecule has 0 spiro atoms. The zero-order valence-electron chi connectivity index (χ0n) is 12.0. The van der Waals surface area contributed by atoms with Gasteiger partial charge in [0.05, 0.1) is 4.88 Å². The van der Waals surface area contributed by atoms with Gasteiger partial charge in [0.15, 0.2) is 5.69 Å². The molecule has 0 unspecified atom stereocenters. The fourth-order valence-corrected chi connectivity index (χ4v) is 2.55. The second kappa shape index (κ2) is 6.05. The molecule has 0 aromatic carbocycles. The molecule has 4 nitrogen and oxygen atoms in total. The van der Waals surface area contributed by atoms with Crippen LogP contribution in [-0.2, 0) is 0 Å². The quantitative estimate of drug-likeness (QED) is 0.788. The maximum atomic E-state index is 12.5. The molecule has 106 valence electrons. The van der Waals surface area contributed by atoms with E-state index >= 15 is 0 Å². The molecule has 2 aromatic rings. The Morgan fingerprint density at radius 2 is 2.30 bits per heavy atom. The van der Waals surface area contributed by atoms with Crippen LogP contribution in [0, 0.1) is 6.92 Å². The molecular formula is C15H18N2O2S. The van der Waals surface area contributed by atoms with Gasteiger partial charge in [0.2, 0.25) is 5.89 Å². The van der Waals surface area contributed by atoms with Gasteiger partial charge in [0, 0.05) is 13.1 Å². The molecular weight excluding hydrogens is 272 g/mol. The number of carbonyl (C=O) groups is 1. The van der Waals surface area contributed by atoms with Gasteiger partial charge in [-0.25, -0.2) is 4.98 Å². The predicted molar refractivity (Wildman–Crippen MR) is 80.9 cm³/mol. The van der Waals surface area contributed by atoms with E-state index in [0.29, 0.717) is 30.4 Å². The number of oxazole rings is 1. The first-order valence-electron chi connectivity index (χ1n) is 6.48. The first kappa shape index (κ1) is 14.5. The van der Waals surface area contributed by atoms with Crippen molar-refractivity contribution in [2.24, 2.45) is 0 Å². The van der Waals surface area contributed by atoms with Gasteiger partial charge in [-0.15, -0.1) is 11.3 Å². The SMILES string of the molecule is C=C(C)CN(CC)C(=O)c1nc(-c2cccs2)oc1C. The van der Waals surface area contributed by atoms with Crippen LogP contribution in [0.25, 0.3) is 10.8 Å². The van der Waals surface area contributed by atoms with Crippen molar-refractivity contribution < 1.29 is 9.21 Å². The number of hydrogen-bond acceptors (Lipinski definition) is 4. The van der Waals surface area contributed by atoms with Crippen molar-refractivity contribution in [1.82, 2.24) is 9.88 Å². The molecule has 0 aliphatic rings. The van der Waals surface area contributed by atoms with Crippen LogP contribution in [0.1, 0.15) is 30.1 Å². The molecule has 0 N–H and O–H groups in total. The summed E-state index contributed by atoms with van der Waals surface area (Å²) in [6.45, 7) is 10.6. The molecule has 0 aliphatic heterocycles. The van der Waals surface area contributed by atoms with E-state index in [1.165, 1.54) is 11.3 Å². The van der Waals surface area contributed by atoms with Crippen molar-refractivity contribution in [3.8, 4) is 10.8 Å². The van der Waals surface area contributed by atoms with Crippen LogP contribution < -0.4 is 0 Å². The van der Waals surface area contributed by atoms with Gasteiger partial charge in [0.25, 0.3) is 5.91 Å². The summed E-state index contributed by atoms with van der Waals surface area (Å²) < 4.78 is 5.61. The minimum atomic E-state index is -0.112. The highest BCUT2D eigenvalue weighted by atomic mass is 32.1. The Bertz CT molecular complexity index is 614. The number of thiophene rings is 1. The van der Waals surface area contributed by atoms with Crippen LogP contribution in [-0.4, -0.2) is 28.9 Å². The third-order valence-corrected chi connectivity index (χ3v) is 3.72. The lowest BCUT2D eigenvalue weighted by molar-refractivity contribution is 0.0771. The number of nitrogens with zero attached hydrogens (tertiary/aromatic N) is 2. The van der Waals surface area contributed by atoms with Crippen molar-refractivity contribution >= 4 is 17.2 Å². The van der Waals surface area contributed by atoms with Crippen molar-refractivity contribution in [2.45, 2.75) is 20.8 Å². The molecule has 0 bridgehead atoms. The molecule has 5 heteroatoms. The second-order valence-electron chi connectivity index (χ2n) is 4.68. The molecule has 0 aliphatic carbocycles. The van der Waals surface area contributed by atoms with Crippen molar-refractivity contribution in [3.63, 3.8) is 0 Å². The van der Waals surface area contributed by atoms with Gasteiger partial charge >= 0.3 is 0 Å². The van der Waals surface area contributed by atoms with Crippen molar-refractivity contribution in [1.29, 1.82) is 0 Å². The van der Waals surface area contributed by atoms with Crippen LogP contribution in [0.2, 0.25) is 0 Å².